The zero-order valence-electron chi connectivity index (χ0n) is 10.4. The number of hydrogen-bond acceptors (Lipinski definition) is 3. The lowest BCUT2D eigenvalue weighted by atomic mass is 10.2. The molecule has 0 atom stereocenters. The van der Waals surface area contributed by atoms with Crippen molar-refractivity contribution in [3.63, 3.8) is 0 Å². The van der Waals surface area contributed by atoms with Crippen LogP contribution in [0.15, 0.2) is 36.8 Å². The number of nitrogens with one attached hydrogen (secondary N) is 3. The first-order chi connectivity index (χ1) is 9.15. The lowest BCUT2D eigenvalue weighted by Gasteiger charge is -2.05. The number of H-pyrrole nitrogens is 1. The van der Waals surface area contributed by atoms with Crippen molar-refractivity contribution in [2.24, 2.45) is 0 Å². The van der Waals surface area contributed by atoms with Crippen molar-refractivity contribution in [2.45, 2.75) is 13.5 Å². The average molecular weight is 258 g/mol. The van der Waals surface area contributed by atoms with Crippen molar-refractivity contribution in [1.29, 1.82) is 0 Å². The van der Waals surface area contributed by atoms with Gasteiger partial charge >= 0.3 is 11.8 Å². The van der Waals surface area contributed by atoms with Gasteiger partial charge in [0.25, 0.3) is 0 Å². The molecule has 2 aromatic rings. The Morgan fingerprint density at radius 3 is 2.58 bits per heavy atom. The molecule has 0 radical (unpaired) electrons. The highest BCUT2D eigenvalue weighted by atomic mass is 16.2. The van der Waals surface area contributed by atoms with E-state index < -0.39 is 11.8 Å². The molecule has 0 fully saturated rings. The van der Waals surface area contributed by atoms with Crippen LogP contribution in [-0.2, 0) is 16.1 Å². The largest absolute Gasteiger partial charge is 0.347 e. The summed E-state index contributed by atoms with van der Waals surface area (Å²) >= 11 is 0. The second-order valence-corrected chi connectivity index (χ2v) is 4.08. The predicted molar refractivity (Wildman–Crippen MR) is 70.2 cm³/mol. The minimum atomic E-state index is -0.691. The molecule has 19 heavy (non-hydrogen) atoms. The van der Waals surface area contributed by atoms with Crippen molar-refractivity contribution >= 4 is 17.5 Å². The van der Waals surface area contributed by atoms with Crippen LogP contribution in [0.1, 0.15) is 11.3 Å². The Morgan fingerprint density at radius 2 is 1.95 bits per heavy atom. The number of nitrogens with zero attached hydrogens (tertiary/aromatic N) is 1. The number of imidazole rings is 1. The van der Waals surface area contributed by atoms with E-state index in [2.05, 4.69) is 20.6 Å². The Morgan fingerprint density at radius 1 is 1.21 bits per heavy atom. The zero-order valence-corrected chi connectivity index (χ0v) is 10.4. The minimum Gasteiger partial charge on any atom is -0.347 e. The molecule has 6 nitrogen and oxygen atoms in total. The Bertz CT molecular complexity index is 561. The number of amides is 2. The Labute approximate surface area is 110 Å². The molecule has 0 unspecified atom stereocenters. The minimum absolute atomic E-state index is 0.236. The van der Waals surface area contributed by atoms with E-state index >= 15 is 0 Å². The molecular weight excluding hydrogens is 244 g/mol. The summed E-state index contributed by atoms with van der Waals surface area (Å²) in [6.45, 7) is 2.18. The van der Waals surface area contributed by atoms with E-state index in [4.69, 9.17) is 0 Å². The molecule has 2 amide bonds. The highest BCUT2D eigenvalue weighted by molar-refractivity contribution is 6.39. The van der Waals surface area contributed by atoms with Crippen LogP contribution in [0.3, 0.4) is 0 Å². The van der Waals surface area contributed by atoms with Crippen LogP contribution in [0.5, 0.6) is 0 Å². The van der Waals surface area contributed by atoms with Gasteiger partial charge in [-0.15, -0.1) is 0 Å². The van der Waals surface area contributed by atoms with Crippen LogP contribution in [0, 0.1) is 6.92 Å². The molecule has 6 heteroatoms. The summed E-state index contributed by atoms with van der Waals surface area (Å²) in [5, 5.41) is 5.02. The first-order valence-corrected chi connectivity index (χ1v) is 5.78. The summed E-state index contributed by atoms with van der Waals surface area (Å²) in [5.41, 5.74) is 2.41. The molecule has 98 valence electrons. The molecule has 0 aliphatic heterocycles. The van der Waals surface area contributed by atoms with Gasteiger partial charge in [-0.2, -0.15) is 0 Å². The van der Waals surface area contributed by atoms with Gasteiger partial charge in [-0.25, -0.2) is 4.98 Å². The number of aromatic nitrogens is 2. The smallest absolute Gasteiger partial charge is 0.313 e. The van der Waals surface area contributed by atoms with Crippen LogP contribution in [0.25, 0.3) is 0 Å². The van der Waals surface area contributed by atoms with E-state index in [9.17, 15) is 9.59 Å². The molecule has 0 saturated carbocycles. The second-order valence-electron chi connectivity index (χ2n) is 4.08. The van der Waals surface area contributed by atoms with E-state index in [1.165, 1.54) is 6.33 Å². The third-order valence-electron chi connectivity index (χ3n) is 2.51. The molecule has 0 saturated heterocycles. The quantitative estimate of drug-likeness (QED) is 0.717. The average Bonchev–Trinajstić information content (AvgIpc) is 2.91. The van der Waals surface area contributed by atoms with Crippen LogP contribution in [0.4, 0.5) is 5.69 Å². The predicted octanol–water partition coefficient (Wildman–Crippen LogP) is 0.973. The summed E-state index contributed by atoms with van der Waals surface area (Å²) in [5.74, 6) is -1.38. The van der Waals surface area contributed by atoms with Gasteiger partial charge in [-0.3, -0.25) is 9.59 Å². The summed E-state index contributed by atoms with van der Waals surface area (Å²) in [6, 6.07) is 7.21. The molecule has 1 aromatic heterocycles. The number of aryl methyl sites for hydroxylation is 1. The summed E-state index contributed by atoms with van der Waals surface area (Å²) in [4.78, 5) is 29.8. The number of benzene rings is 1. The van der Waals surface area contributed by atoms with Crippen LogP contribution in [0.2, 0.25) is 0 Å². The number of carbonyl (C=O) groups is 2. The van der Waals surface area contributed by atoms with Gasteiger partial charge in [-0.05, 0) is 19.1 Å². The van der Waals surface area contributed by atoms with E-state index in [0.717, 1.165) is 11.3 Å². The summed E-state index contributed by atoms with van der Waals surface area (Å²) < 4.78 is 0. The van der Waals surface area contributed by atoms with Gasteiger partial charge in [0, 0.05) is 11.9 Å². The van der Waals surface area contributed by atoms with Gasteiger partial charge < -0.3 is 15.6 Å². The van der Waals surface area contributed by atoms with Gasteiger partial charge in [0.05, 0.1) is 18.6 Å². The molecule has 0 aliphatic carbocycles. The SMILES string of the molecule is Cc1ccc(NC(=O)C(=O)NCc2cnc[nH]2)cc1. The normalized spacial score (nSPS) is 9.95. The van der Waals surface area contributed by atoms with Crippen molar-refractivity contribution in [3.05, 3.63) is 48.0 Å². The number of hydrogen-bond donors (Lipinski definition) is 3. The molecule has 2 rings (SSSR count). The Balaban J connectivity index is 1.85. The third kappa shape index (κ3) is 3.67. The third-order valence-corrected chi connectivity index (χ3v) is 2.51. The van der Waals surface area contributed by atoms with Crippen LogP contribution >= 0.6 is 0 Å². The van der Waals surface area contributed by atoms with E-state index in [-0.39, 0.29) is 6.54 Å². The number of anilines is 1. The van der Waals surface area contributed by atoms with Crippen molar-refractivity contribution < 1.29 is 9.59 Å². The molecule has 0 bridgehead atoms. The number of aromatic amines is 1. The molecule has 1 heterocycles. The van der Waals surface area contributed by atoms with Gasteiger partial charge in [0.1, 0.15) is 0 Å². The fourth-order valence-electron chi connectivity index (χ4n) is 1.46. The fourth-order valence-corrected chi connectivity index (χ4v) is 1.46. The Hall–Kier alpha value is -2.63. The fraction of sp³-hybridized carbons (Fsp3) is 0.154. The van der Waals surface area contributed by atoms with Crippen LogP contribution in [-0.4, -0.2) is 21.8 Å². The summed E-state index contributed by atoms with van der Waals surface area (Å²) in [7, 11) is 0. The molecule has 0 spiro atoms. The molecule has 1 aromatic carbocycles. The number of rotatable bonds is 3. The molecule has 3 N–H and O–H groups in total. The van der Waals surface area contributed by atoms with Gasteiger partial charge in [0.2, 0.25) is 0 Å². The lowest BCUT2D eigenvalue weighted by molar-refractivity contribution is -0.136. The van der Waals surface area contributed by atoms with E-state index in [1.807, 2.05) is 19.1 Å². The maximum Gasteiger partial charge on any atom is 0.313 e. The monoisotopic (exact) mass is 258 g/mol. The highest BCUT2D eigenvalue weighted by Gasteiger charge is 2.13. The Kier molecular flexibility index (Phi) is 3.92. The van der Waals surface area contributed by atoms with E-state index in [1.54, 1.807) is 18.3 Å². The van der Waals surface area contributed by atoms with Crippen molar-refractivity contribution in [1.82, 2.24) is 15.3 Å². The van der Waals surface area contributed by atoms with Crippen LogP contribution < -0.4 is 10.6 Å². The summed E-state index contributed by atoms with van der Waals surface area (Å²) in [6.07, 6.45) is 3.09. The standard InChI is InChI=1S/C13H14N4O2/c1-9-2-4-10(5-3-9)17-13(19)12(18)15-7-11-6-14-8-16-11/h2-6,8H,7H2,1H3,(H,14,16)(H,15,18)(H,17,19). The first kappa shape index (κ1) is 12.8. The first-order valence-electron chi connectivity index (χ1n) is 5.78. The molecular formula is C13H14N4O2. The van der Waals surface area contributed by atoms with Crippen molar-refractivity contribution in [2.75, 3.05) is 5.32 Å². The second kappa shape index (κ2) is 5.81. The van der Waals surface area contributed by atoms with Gasteiger partial charge in [-0.1, -0.05) is 17.7 Å². The molecule has 0 aliphatic rings. The maximum atomic E-state index is 11.6. The number of carbonyl (C=O) groups excluding carboxylic acids is 2. The maximum absolute atomic E-state index is 11.6. The van der Waals surface area contributed by atoms with Gasteiger partial charge in [0.15, 0.2) is 0 Å². The van der Waals surface area contributed by atoms with Crippen molar-refractivity contribution in [3.8, 4) is 0 Å². The van der Waals surface area contributed by atoms with E-state index in [0.29, 0.717) is 5.69 Å². The topological polar surface area (TPSA) is 86.9 Å². The highest BCUT2D eigenvalue weighted by Crippen LogP contribution is 2.08. The lowest BCUT2D eigenvalue weighted by Crippen LogP contribution is -2.35. The zero-order chi connectivity index (χ0) is 13.7.